The lowest BCUT2D eigenvalue weighted by molar-refractivity contribution is -0.400. The Bertz CT molecular complexity index is 1990. The summed E-state index contributed by atoms with van der Waals surface area (Å²) < 4.78 is 78.4. The molecule has 7 heterocycles. The maximum absolute atomic E-state index is 11.7. The molecule has 39 heteroatoms. The van der Waals surface area contributed by atoms with E-state index in [1.165, 1.54) is 0 Å². The van der Waals surface area contributed by atoms with Crippen molar-refractivity contribution in [2.75, 3.05) is 59.5 Å². The van der Waals surface area contributed by atoms with Crippen LogP contribution < -0.4 is 5.32 Å². The summed E-state index contributed by atoms with van der Waals surface area (Å²) in [6.07, 6.45) is -69.6. The van der Waals surface area contributed by atoms with Gasteiger partial charge in [-0.15, -0.1) is 0 Å². The number of carbonyl (C=O) groups is 1. The highest BCUT2D eigenvalue weighted by atomic mass is 16.8. The molecule has 7 fully saturated rings. The molecule has 39 nitrogen and oxygen atoms in total. The van der Waals surface area contributed by atoms with Crippen LogP contribution in [0.1, 0.15) is 0 Å². The first kappa shape index (κ1) is 70.4. The maximum atomic E-state index is 11.7. The normalized spacial score (nSPS) is 50.4. The van der Waals surface area contributed by atoms with E-state index in [1.54, 1.807) is 0 Å². The third-order valence-electron chi connectivity index (χ3n) is 15.5. The van der Waals surface area contributed by atoms with Crippen molar-refractivity contribution in [3.05, 3.63) is 0 Å². The minimum atomic E-state index is -2.33. The molecular weight excluding hydrogens is 1170 g/mol. The van der Waals surface area contributed by atoms with Crippen LogP contribution in [0.25, 0.3) is 0 Å². The summed E-state index contributed by atoms with van der Waals surface area (Å²) in [5.41, 5.74) is 0. The van der Waals surface area contributed by atoms with Gasteiger partial charge >= 0.3 is 0 Å². The standard InChI is InChI=1S/C46H79NO38/c48-1-11(47-10-56)9-72-40-28(66)25(63)34(17(7-54)78-40)80-42-29(67)26(64)35(18(8-55)79-42)81-43-30(68)37(21(59)13(3-50)74-43)83-45-32(70)39(23(61)15(5-52)76-45)85-46-33(71)38(22(60)16(6-53)77-46)84-44-31(69)36(20(58)14(4-51)75-44)82-41-27(65)24(62)19(57)12(2-49)73-41/h10-46,48-55,57-71H,1-9H2,(H,47,56)/t11-,12-,13-,14-,15-,16-,17-,18-,19+,20+,21+,22+,23+,24+,25-,26-,27-,28-,29-,30-,31-,32-,33-,34-,35+,36+,37+,38+,39+,40-,41-,42+,43-,44-,45-,46-/m1/s1. The quantitative estimate of drug-likeness (QED) is 0.0377. The third-order valence-corrected chi connectivity index (χ3v) is 15.5. The largest absolute Gasteiger partial charge is 0.394 e. The van der Waals surface area contributed by atoms with Crippen LogP contribution >= 0.6 is 0 Å². The van der Waals surface area contributed by atoms with Gasteiger partial charge in [0.05, 0.1) is 65.5 Å². The average Bonchev–Trinajstić information content (AvgIpc) is 2.89. The van der Waals surface area contributed by atoms with Gasteiger partial charge in [-0.25, -0.2) is 0 Å². The molecular formula is C46H79NO38. The van der Waals surface area contributed by atoms with Crippen LogP contribution in [0.4, 0.5) is 0 Å². The molecule has 7 rings (SSSR count). The van der Waals surface area contributed by atoms with Crippen molar-refractivity contribution < 1.29 is 189 Å². The van der Waals surface area contributed by atoms with E-state index in [0.29, 0.717) is 0 Å². The maximum Gasteiger partial charge on any atom is 0.207 e. The second-order valence-corrected chi connectivity index (χ2v) is 21.0. The lowest BCUT2D eigenvalue weighted by atomic mass is 9.95. The first-order valence-corrected chi connectivity index (χ1v) is 26.9. The van der Waals surface area contributed by atoms with Crippen molar-refractivity contribution in [2.24, 2.45) is 0 Å². The van der Waals surface area contributed by atoms with Crippen molar-refractivity contribution in [1.82, 2.24) is 5.32 Å². The third kappa shape index (κ3) is 15.2. The van der Waals surface area contributed by atoms with Crippen molar-refractivity contribution in [2.45, 2.75) is 221 Å². The van der Waals surface area contributed by atoms with Crippen LogP contribution in [0.3, 0.4) is 0 Å². The molecule has 0 saturated carbocycles. The van der Waals surface area contributed by atoms with Gasteiger partial charge in [-0.05, 0) is 0 Å². The van der Waals surface area contributed by atoms with Gasteiger partial charge < -0.3 is 189 Å². The van der Waals surface area contributed by atoms with Gasteiger partial charge in [-0.2, -0.15) is 0 Å². The molecule has 7 aliphatic rings. The van der Waals surface area contributed by atoms with Gasteiger partial charge in [0.15, 0.2) is 44.0 Å². The van der Waals surface area contributed by atoms with E-state index in [1.807, 2.05) is 0 Å². The van der Waals surface area contributed by atoms with Crippen molar-refractivity contribution in [3.8, 4) is 0 Å². The van der Waals surface area contributed by atoms with E-state index < -0.39 is 280 Å². The molecule has 7 saturated heterocycles. The topological polar surface area (TPSA) is 624 Å². The second-order valence-electron chi connectivity index (χ2n) is 21.0. The van der Waals surface area contributed by atoms with Crippen molar-refractivity contribution >= 4 is 6.41 Å². The average molecular weight is 1250 g/mol. The fourth-order valence-electron chi connectivity index (χ4n) is 10.6. The minimum absolute atomic E-state index is 0.270. The summed E-state index contributed by atoms with van der Waals surface area (Å²) in [4.78, 5) is 10.8. The SMILES string of the molecule is O=CN[C@H](CO)CO[C@@H]1O[C@H](CO)[C@@H](O[C@@H]2O[C@H](CO)[C@H](O[C@H]3O[C@H](CO)[C@H](O)[C@H](O[C@H]4O[C@H](CO)[C@H](O)[C@H](O[C@H]5O[C@H](CO)[C@H](O)[C@H](O[C@H]6O[C@H](CO)[C@H](O)[C@H](O[C@H]7O[C@H](CO)[C@H](O)[C@H](O)[C@H]7O)[C@H]6O)[C@H]5O)[C@H]4O)[C@H]3O)[C@H](O)[C@H]2O)[C@H](O)[C@H]1O. The molecule has 0 unspecified atom stereocenters. The Hall–Kier alpha value is -2.01. The predicted octanol–water partition coefficient (Wildman–Crippen LogP) is -17.1. The van der Waals surface area contributed by atoms with Gasteiger partial charge in [0.1, 0.15) is 171 Å². The first-order valence-electron chi connectivity index (χ1n) is 26.9. The number of nitrogens with one attached hydrogen (secondary N) is 1. The molecule has 0 bridgehead atoms. The molecule has 24 N–H and O–H groups in total. The highest BCUT2D eigenvalue weighted by molar-refractivity contribution is 5.46. The predicted molar refractivity (Wildman–Crippen MR) is 256 cm³/mol. The number of hydrogen-bond donors (Lipinski definition) is 24. The molecule has 0 aromatic carbocycles. The molecule has 7 aliphatic heterocycles. The lowest BCUT2D eigenvalue weighted by Gasteiger charge is -2.50. The number of ether oxygens (including phenoxy) is 14. The Labute approximate surface area is 480 Å². The summed E-state index contributed by atoms with van der Waals surface area (Å²) >= 11 is 0. The van der Waals surface area contributed by atoms with Gasteiger partial charge in [0.25, 0.3) is 0 Å². The first-order chi connectivity index (χ1) is 40.5. The number of rotatable bonds is 25. The Morgan fingerprint density at radius 3 is 0.835 bits per heavy atom. The lowest BCUT2D eigenvalue weighted by Crippen LogP contribution is -2.68. The zero-order chi connectivity index (χ0) is 62.5. The van der Waals surface area contributed by atoms with Crippen LogP contribution in [-0.2, 0) is 71.1 Å². The van der Waals surface area contributed by atoms with E-state index in [4.69, 9.17) is 66.3 Å². The number of aliphatic hydroxyl groups excluding tert-OH is 23. The Balaban J connectivity index is 1.03. The highest BCUT2D eigenvalue weighted by Crippen LogP contribution is 2.38. The molecule has 1 amide bonds. The van der Waals surface area contributed by atoms with E-state index in [9.17, 15) is 122 Å². The number of carbonyl (C=O) groups excluding carboxylic acids is 1. The molecule has 0 aromatic heterocycles. The summed E-state index contributed by atoms with van der Waals surface area (Å²) in [6.45, 7) is -8.19. The van der Waals surface area contributed by atoms with Crippen LogP contribution in [0.15, 0.2) is 0 Å². The highest BCUT2D eigenvalue weighted by Gasteiger charge is 2.59. The summed E-state index contributed by atoms with van der Waals surface area (Å²) in [5, 5.41) is 250. The molecule has 0 spiro atoms. The summed E-state index contributed by atoms with van der Waals surface area (Å²) in [5.74, 6) is 0. The zero-order valence-electron chi connectivity index (χ0n) is 44.6. The van der Waals surface area contributed by atoms with Gasteiger partial charge in [-0.1, -0.05) is 0 Å². The van der Waals surface area contributed by atoms with Crippen molar-refractivity contribution in [1.29, 1.82) is 0 Å². The molecule has 0 aromatic rings. The van der Waals surface area contributed by atoms with Crippen LogP contribution in [0.2, 0.25) is 0 Å². The Morgan fingerprint density at radius 1 is 0.294 bits per heavy atom. The van der Waals surface area contributed by atoms with E-state index in [-0.39, 0.29) is 6.41 Å². The molecule has 0 aliphatic carbocycles. The second kappa shape index (κ2) is 31.3. The Morgan fingerprint density at radius 2 is 0.541 bits per heavy atom. The monoisotopic (exact) mass is 1250 g/mol. The smallest absolute Gasteiger partial charge is 0.207 e. The summed E-state index contributed by atoms with van der Waals surface area (Å²) in [7, 11) is 0. The fraction of sp³-hybridized carbons (Fsp3) is 0.978. The van der Waals surface area contributed by atoms with E-state index in [0.717, 1.165) is 0 Å². The fourth-order valence-corrected chi connectivity index (χ4v) is 10.6. The van der Waals surface area contributed by atoms with Crippen LogP contribution in [0, 0.1) is 0 Å². The number of amides is 1. The van der Waals surface area contributed by atoms with E-state index >= 15 is 0 Å². The number of aliphatic hydroxyl groups is 23. The molecule has 85 heavy (non-hydrogen) atoms. The van der Waals surface area contributed by atoms with Gasteiger partial charge in [0.2, 0.25) is 6.41 Å². The molecule has 36 atom stereocenters. The zero-order valence-corrected chi connectivity index (χ0v) is 44.6. The van der Waals surface area contributed by atoms with Gasteiger partial charge in [-0.3, -0.25) is 4.79 Å². The van der Waals surface area contributed by atoms with Crippen molar-refractivity contribution in [3.63, 3.8) is 0 Å². The molecule has 0 radical (unpaired) electrons. The number of hydrogen-bond acceptors (Lipinski definition) is 38. The Kier molecular flexibility index (Phi) is 26.0. The van der Waals surface area contributed by atoms with Crippen LogP contribution in [0.5, 0.6) is 0 Å². The summed E-state index contributed by atoms with van der Waals surface area (Å²) in [6, 6.07) is -0.963. The molecule has 496 valence electrons. The van der Waals surface area contributed by atoms with Crippen LogP contribution in [-0.4, -0.2) is 404 Å². The minimum Gasteiger partial charge on any atom is -0.394 e. The van der Waals surface area contributed by atoms with E-state index in [2.05, 4.69) is 5.32 Å². The van der Waals surface area contributed by atoms with Gasteiger partial charge in [0, 0.05) is 0 Å².